The fourth-order valence-electron chi connectivity index (χ4n) is 5.54. The van der Waals surface area contributed by atoms with Gasteiger partial charge in [-0.15, -0.1) is 10.2 Å². The van der Waals surface area contributed by atoms with Crippen molar-refractivity contribution in [3.05, 3.63) is 23.3 Å². The number of carbonyl (C=O) groups is 1. The minimum absolute atomic E-state index is 0.00705. The molecular weight excluding hydrogens is 576 g/mol. The number of fused-ring (bicyclic) bond motifs is 1. The van der Waals surface area contributed by atoms with Gasteiger partial charge in [-0.05, 0) is 37.8 Å². The highest BCUT2D eigenvalue weighted by molar-refractivity contribution is 7.89. The number of hydrogen-bond acceptors (Lipinski definition) is 9. The van der Waals surface area contributed by atoms with Crippen molar-refractivity contribution in [2.75, 3.05) is 38.1 Å². The van der Waals surface area contributed by atoms with Crippen LogP contribution in [0, 0.1) is 11.3 Å². The molecule has 218 valence electrons. The summed E-state index contributed by atoms with van der Waals surface area (Å²) in [5, 5.41) is 21.4. The second kappa shape index (κ2) is 10.4. The number of nitriles is 1. The molecular formula is C25H29F2N9O3S2. The highest BCUT2D eigenvalue weighted by Gasteiger charge is 2.47. The Labute approximate surface area is 239 Å². The quantitative estimate of drug-likeness (QED) is 0.433. The van der Waals surface area contributed by atoms with E-state index in [1.807, 2.05) is 27.8 Å². The Hall–Kier alpha value is -3.42. The van der Waals surface area contributed by atoms with Crippen LogP contribution in [0.1, 0.15) is 50.0 Å². The average Bonchev–Trinajstić information content (AvgIpc) is 3.40. The number of carbonyl (C=O) groups excluding carboxylic acids is 1. The van der Waals surface area contributed by atoms with E-state index in [9.17, 15) is 27.3 Å². The highest BCUT2D eigenvalue weighted by Crippen LogP contribution is 2.38. The molecule has 12 nitrogen and oxygen atoms in total. The smallest absolute Gasteiger partial charge is 0.320 e. The molecule has 1 aromatic carbocycles. The molecule has 1 saturated heterocycles. The van der Waals surface area contributed by atoms with E-state index in [4.69, 9.17) is 0 Å². The number of nitrogens with zero attached hydrogens (tertiary/aromatic N) is 8. The van der Waals surface area contributed by atoms with Crippen molar-refractivity contribution in [2.24, 2.45) is 0 Å². The molecule has 1 N–H and O–H groups in total. The van der Waals surface area contributed by atoms with Crippen LogP contribution >= 0.6 is 11.3 Å². The number of anilines is 1. The number of alkyl halides is 2. The summed E-state index contributed by atoms with van der Waals surface area (Å²) in [7, 11) is -2.26. The van der Waals surface area contributed by atoms with Gasteiger partial charge in [-0.3, -0.25) is 0 Å². The first-order chi connectivity index (χ1) is 19.6. The molecule has 0 unspecified atom stereocenters. The summed E-state index contributed by atoms with van der Waals surface area (Å²) in [5.74, 6) is 0. The molecule has 2 aromatic heterocycles. The Morgan fingerprint density at radius 1 is 1.20 bits per heavy atom. The maximum atomic E-state index is 13.4. The van der Waals surface area contributed by atoms with E-state index in [1.165, 1.54) is 16.8 Å². The molecule has 3 aliphatic rings. The molecule has 41 heavy (non-hydrogen) atoms. The van der Waals surface area contributed by atoms with Crippen LogP contribution in [0.4, 0.5) is 19.3 Å². The van der Waals surface area contributed by atoms with Crippen molar-refractivity contribution in [2.45, 2.75) is 61.4 Å². The van der Waals surface area contributed by atoms with Crippen LogP contribution in [0.2, 0.25) is 0 Å². The zero-order valence-corrected chi connectivity index (χ0v) is 24.0. The van der Waals surface area contributed by atoms with E-state index < -0.39 is 27.0 Å². The lowest BCUT2D eigenvalue weighted by atomic mass is 10.1. The first kappa shape index (κ1) is 27.7. The zero-order valence-electron chi connectivity index (χ0n) is 22.3. The minimum atomic E-state index is -4.11. The van der Waals surface area contributed by atoms with Crippen molar-refractivity contribution < 1.29 is 22.0 Å². The van der Waals surface area contributed by atoms with Crippen LogP contribution in [0.5, 0.6) is 0 Å². The number of hydrogen-bond donors (Lipinski definition) is 1. The first-order valence-corrected chi connectivity index (χ1v) is 15.8. The van der Waals surface area contributed by atoms with E-state index in [1.54, 1.807) is 6.20 Å². The fraction of sp³-hybridized carbons (Fsp3) is 0.560. The lowest BCUT2D eigenvalue weighted by Gasteiger charge is -2.39. The molecule has 3 heterocycles. The van der Waals surface area contributed by atoms with Gasteiger partial charge in [0.1, 0.15) is 5.54 Å². The third-order valence-corrected chi connectivity index (χ3v) is 10.5. The SMILES string of the molecule is CN(C(=O)N1CCN(c2cc(S(=O)(=O)NC3(C#N)CC3)cc3c2cnn3-c2nnc(C(F)F)s2)CC1)C1CCCC1. The molecule has 0 radical (unpaired) electrons. The molecule has 0 bridgehead atoms. The molecule has 0 spiro atoms. The normalized spacial score (nSPS) is 19.2. The Balaban J connectivity index is 1.33. The van der Waals surface area contributed by atoms with E-state index in [2.05, 4.69) is 20.0 Å². The van der Waals surface area contributed by atoms with Gasteiger partial charge in [-0.2, -0.15) is 15.1 Å². The number of amides is 2. The molecule has 3 aromatic rings. The maximum Gasteiger partial charge on any atom is 0.320 e. The van der Waals surface area contributed by atoms with Crippen LogP contribution in [0.25, 0.3) is 16.0 Å². The predicted octanol–water partition coefficient (Wildman–Crippen LogP) is 3.27. The Kier molecular flexibility index (Phi) is 7.07. The standard InChI is InChI=1S/C25H29F2N9O3S2/c1-33(16-4-2-3-5-16)24(37)35-10-8-34(9-11-35)19-12-17(41(38,39)32-25(15-28)6-7-25)13-20-18(19)14-29-36(20)23-31-30-22(40-23)21(26)27/h12-14,16,21,32H,2-11H2,1H3. The van der Waals surface area contributed by atoms with Crippen LogP contribution < -0.4 is 9.62 Å². The number of urea groups is 1. The van der Waals surface area contributed by atoms with E-state index in [0.717, 1.165) is 25.7 Å². The lowest BCUT2D eigenvalue weighted by molar-refractivity contribution is 0.144. The van der Waals surface area contributed by atoms with E-state index in [0.29, 0.717) is 66.9 Å². The third kappa shape index (κ3) is 5.22. The number of halogens is 2. The van der Waals surface area contributed by atoms with Crippen molar-refractivity contribution in [1.29, 1.82) is 5.26 Å². The molecule has 0 atom stereocenters. The molecule has 3 fully saturated rings. The molecule has 2 amide bonds. The Morgan fingerprint density at radius 3 is 2.51 bits per heavy atom. The Morgan fingerprint density at radius 2 is 1.90 bits per heavy atom. The number of aromatic nitrogens is 4. The summed E-state index contributed by atoms with van der Waals surface area (Å²) < 4.78 is 57.1. The summed E-state index contributed by atoms with van der Waals surface area (Å²) >= 11 is 0.666. The van der Waals surface area contributed by atoms with Gasteiger partial charge in [-0.1, -0.05) is 24.2 Å². The largest absolute Gasteiger partial charge is 0.367 e. The highest BCUT2D eigenvalue weighted by atomic mass is 32.2. The van der Waals surface area contributed by atoms with Gasteiger partial charge in [0.25, 0.3) is 6.43 Å². The first-order valence-electron chi connectivity index (χ1n) is 13.5. The minimum Gasteiger partial charge on any atom is -0.367 e. The summed E-state index contributed by atoms with van der Waals surface area (Å²) in [6.07, 6.45) is 3.87. The van der Waals surface area contributed by atoms with Crippen LogP contribution in [0.15, 0.2) is 23.2 Å². The number of piperazine rings is 1. The lowest BCUT2D eigenvalue weighted by Crippen LogP contribution is -2.53. The van der Waals surface area contributed by atoms with Gasteiger partial charge in [0.2, 0.25) is 15.2 Å². The van der Waals surface area contributed by atoms with Crippen LogP contribution in [0.3, 0.4) is 0 Å². The van der Waals surface area contributed by atoms with Crippen molar-refractivity contribution >= 4 is 44.0 Å². The van der Waals surface area contributed by atoms with Crippen LogP contribution in [-0.4, -0.2) is 89.0 Å². The summed E-state index contributed by atoms with van der Waals surface area (Å²) in [5.41, 5.74) is -0.205. The summed E-state index contributed by atoms with van der Waals surface area (Å²) in [4.78, 5) is 18.7. The fourth-order valence-corrected chi connectivity index (χ4v) is 7.63. The van der Waals surface area contributed by atoms with Gasteiger partial charge >= 0.3 is 6.03 Å². The molecule has 1 aliphatic heterocycles. The molecule has 6 rings (SSSR count). The van der Waals surface area contributed by atoms with Gasteiger partial charge in [0, 0.05) is 50.3 Å². The second-order valence-corrected chi connectivity index (χ2v) is 13.4. The summed E-state index contributed by atoms with van der Waals surface area (Å²) in [6, 6.07) is 5.23. The maximum absolute atomic E-state index is 13.4. The van der Waals surface area contributed by atoms with Gasteiger partial charge in [-0.25, -0.2) is 26.7 Å². The number of benzene rings is 1. The number of sulfonamides is 1. The number of rotatable bonds is 7. The Bertz CT molecular complexity index is 1620. The molecule has 2 saturated carbocycles. The number of nitrogens with one attached hydrogen (secondary N) is 1. The van der Waals surface area contributed by atoms with E-state index in [-0.39, 0.29) is 22.1 Å². The van der Waals surface area contributed by atoms with Crippen molar-refractivity contribution in [3.8, 4) is 11.2 Å². The van der Waals surface area contributed by atoms with Gasteiger partial charge in [0.05, 0.1) is 22.7 Å². The molecule has 2 aliphatic carbocycles. The zero-order chi connectivity index (χ0) is 28.9. The van der Waals surface area contributed by atoms with Crippen molar-refractivity contribution in [1.82, 2.24) is 34.5 Å². The van der Waals surface area contributed by atoms with Gasteiger partial charge < -0.3 is 14.7 Å². The average molecular weight is 606 g/mol. The molecule has 16 heteroatoms. The topological polar surface area (TPSA) is 140 Å². The van der Waals surface area contributed by atoms with Crippen molar-refractivity contribution in [3.63, 3.8) is 0 Å². The second-order valence-electron chi connectivity index (χ2n) is 10.8. The monoisotopic (exact) mass is 605 g/mol. The van der Waals surface area contributed by atoms with Crippen LogP contribution in [-0.2, 0) is 10.0 Å². The summed E-state index contributed by atoms with van der Waals surface area (Å²) in [6.45, 7) is 1.81. The predicted molar refractivity (Wildman–Crippen MR) is 147 cm³/mol. The third-order valence-electron chi connectivity index (χ3n) is 8.11. The van der Waals surface area contributed by atoms with Gasteiger partial charge in [0.15, 0.2) is 5.01 Å². The van der Waals surface area contributed by atoms with E-state index >= 15 is 0 Å².